The van der Waals surface area contributed by atoms with Gasteiger partial charge in [-0.05, 0) is 19.4 Å². The number of aromatic nitrogens is 2. The number of rotatable bonds is 2. The third kappa shape index (κ3) is 1.44. The van der Waals surface area contributed by atoms with E-state index in [1.165, 1.54) is 5.56 Å². The minimum absolute atomic E-state index is 0.106. The average Bonchev–Trinajstić information content (AvgIpc) is 2.78. The van der Waals surface area contributed by atoms with Crippen molar-refractivity contribution in [1.82, 2.24) is 9.78 Å². The van der Waals surface area contributed by atoms with E-state index in [2.05, 4.69) is 16.9 Å². The minimum atomic E-state index is -0.106. The molecule has 0 bridgehead atoms. The molecule has 0 atom stereocenters. The highest BCUT2D eigenvalue weighted by Crippen LogP contribution is 2.41. The summed E-state index contributed by atoms with van der Waals surface area (Å²) in [5.74, 6) is 0. The van der Waals surface area contributed by atoms with Crippen molar-refractivity contribution in [2.45, 2.75) is 38.8 Å². The Hall–Kier alpha value is -1.30. The van der Waals surface area contributed by atoms with Crippen LogP contribution in [0.2, 0.25) is 0 Å². The second-order valence-corrected chi connectivity index (χ2v) is 3.93. The fourth-order valence-corrected chi connectivity index (χ4v) is 1.45. The molecule has 0 aliphatic heterocycles. The zero-order chi connectivity index (χ0) is 9.47. The van der Waals surface area contributed by atoms with E-state index in [-0.39, 0.29) is 5.54 Å². The summed E-state index contributed by atoms with van der Waals surface area (Å²) in [7, 11) is 0. The Morgan fingerprint density at radius 1 is 1.62 bits per heavy atom. The van der Waals surface area contributed by atoms with Crippen molar-refractivity contribution >= 4 is 0 Å². The van der Waals surface area contributed by atoms with Crippen LogP contribution in [0.3, 0.4) is 0 Å². The fraction of sp³-hybridized carbons (Fsp3) is 0.600. The van der Waals surface area contributed by atoms with E-state index in [1.807, 2.05) is 17.8 Å². The van der Waals surface area contributed by atoms with Crippen LogP contribution in [-0.2, 0) is 6.54 Å². The van der Waals surface area contributed by atoms with Crippen LogP contribution in [0.15, 0.2) is 6.20 Å². The number of nitrogens with zero attached hydrogens (tertiary/aromatic N) is 3. The van der Waals surface area contributed by atoms with E-state index in [4.69, 9.17) is 6.57 Å². The van der Waals surface area contributed by atoms with Gasteiger partial charge >= 0.3 is 0 Å². The first-order valence-corrected chi connectivity index (χ1v) is 4.54. The first-order valence-electron chi connectivity index (χ1n) is 4.54. The molecule has 1 aliphatic rings. The minimum Gasteiger partial charge on any atom is -0.308 e. The maximum Gasteiger partial charge on any atom is 0.252 e. The number of hydrogen-bond acceptors (Lipinski definition) is 1. The summed E-state index contributed by atoms with van der Waals surface area (Å²) in [4.78, 5) is 3.65. The Bertz CT molecular complexity index is 347. The Balaban J connectivity index is 2.15. The molecule has 3 nitrogen and oxygen atoms in total. The first-order chi connectivity index (χ1) is 6.15. The van der Waals surface area contributed by atoms with Crippen molar-refractivity contribution < 1.29 is 0 Å². The van der Waals surface area contributed by atoms with Gasteiger partial charge in [0, 0.05) is 19.0 Å². The van der Waals surface area contributed by atoms with Crippen LogP contribution in [0.25, 0.3) is 4.85 Å². The van der Waals surface area contributed by atoms with Gasteiger partial charge in [0.1, 0.15) is 6.54 Å². The largest absolute Gasteiger partial charge is 0.308 e. The molecule has 2 rings (SSSR count). The Morgan fingerprint density at radius 2 is 2.31 bits per heavy atom. The molecule has 0 spiro atoms. The molecule has 0 amide bonds. The molecule has 1 aliphatic carbocycles. The average molecular weight is 175 g/mol. The summed E-state index contributed by atoms with van der Waals surface area (Å²) in [5.41, 5.74) is 2.17. The van der Waals surface area contributed by atoms with Crippen molar-refractivity contribution in [3.63, 3.8) is 0 Å². The standard InChI is InChI=1S/C10H13N3/c1-8-6-13(12-9(8)2)7-10(11-3)4-5-10/h6H,4-5,7H2,1-2H3. The third-order valence-corrected chi connectivity index (χ3v) is 2.71. The van der Waals surface area contributed by atoms with Gasteiger partial charge in [0.2, 0.25) is 0 Å². The zero-order valence-electron chi connectivity index (χ0n) is 8.04. The molecule has 0 N–H and O–H groups in total. The monoisotopic (exact) mass is 175 g/mol. The van der Waals surface area contributed by atoms with Crippen LogP contribution in [0.4, 0.5) is 0 Å². The molecule has 1 saturated carbocycles. The summed E-state index contributed by atoms with van der Waals surface area (Å²) in [6.07, 6.45) is 4.10. The van der Waals surface area contributed by atoms with Gasteiger partial charge in [-0.3, -0.25) is 4.68 Å². The molecule has 0 unspecified atom stereocenters. The highest BCUT2D eigenvalue weighted by atomic mass is 15.3. The molecule has 0 radical (unpaired) electrons. The topological polar surface area (TPSA) is 22.2 Å². The van der Waals surface area contributed by atoms with Crippen LogP contribution in [-0.4, -0.2) is 15.3 Å². The molecule has 68 valence electrons. The van der Waals surface area contributed by atoms with Gasteiger partial charge in [-0.25, -0.2) is 6.57 Å². The predicted molar refractivity (Wildman–Crippen MR) is 50.3 cm³/mol. The summed E-state index contributed by atoms with van der Waals surface area (Å²) >= 11 is 0. The lowest BCUT2D eigenvalue weighted by atomic mass is 10.3. The van der Waals surface area contributed by atoms with Crippen molar-refractivity contribution in [3.8, 4) is 0 Å². The second-order valence-electron chi connectivity index (χ2n) is 3.93. The lowest BCUT2D eigenvalue weighted by Crippen LogP contribution is -2.13. The number of aryl methyl sites for hydroxylation is 2. The van der Waals surface area contributed by atoms with Gasteiger partial charge < -0.3 is 4.85 Å². The van der Waals surface area contributed by atoms with E-state index in [0.29, 0.717) is 0 Å². The number of hydrogen-bond donors (Lipinski definition) is 0. The highest BCUT2D eigenvalue weighted by Gasteiger charge is 2.51. The highest BCUT2D eigenvalue weighted by molar-refractivity contribution is 5.15. The quantitative estimate of drug-likeness (QED) is 0.630. The van der Waals surface area contributed by atoms with Crippen LogP contribution in [0.1, 0.15) is 24.1 Å². The molecule has 0 saturated heterocycles. The molecule has 0 aromatic carbocycles. The normalized spacial score (nSPS) is 18.2. The molecule has 13 heavy (non-hydrogen) atoms. The van der Waals surface area contributed by atoms with Crippen molar-refractivity contribution in [2.24, 2.45) is 0 Å². The van der Waals surface area contributed by atoms with Crippen LogP contribution in [0.5, 0.6) is 0 Å². The second kappa shape index (κ2) is 2.59. The van der Waals surface area contributed by atoms with Crippen LogP contribution < -0.4 is 0 Å². The summed E-state index contributed by atoms with van der Waals surface area (Å²) in [6.45, 7) is 11.9. The van der Waals surface area contributed by atoms with E-state index in [9.17, 15) is 0 Å². The van der Waals surface area contributed by atoms with Gasteiger partial charge in [-0.1, -0.05) is 0 Å². The fourth-order valence-electron chi connectivity index (χ4n) is 1.45. The summed E-state index contributed by atoms with van der Waals surface area (Å²) in [5, 5.41) is 4.36. The first kappa shape index (κ1) is 8.31. The third-order valence-electron chi connectivity index (χ3n) is 2.71. The van der Waals surface area contributed by atoms with Gasteiger partial charge in [0.25, 0.3) is 5.54 Å². The van der Waals surface area contributed by atoms with Crippen LogP contribution >= 0.6 is 0 Å². The maximum absolute atomic E-state index is 7.06. The molecular formula is C10H13N3. The Kier molecular flexibility index (Phi) is 1.66. The summed E-state index contributed by atoms with van der Waals surface area (Å²) in [6, 6.07) is 0. The molecule has 1 aromatic heterocycles. The molecule has 3 heteroatoms. The van der Waals surface area contributed by atoms with E-state index in [1.54, 1.807) is 0 Å². The molecule has 1 heterocycles. The molecule has 1 fully saturated rings. The van der Waals surface area contributed by atoms with Crippen molar-refractivity contribution in [2.75, 3.05) is 0 Å². The van der Waals surface area contributed by atoms with Gasteiger partial charge in [0.05, 0.1) is 5.69 Å². The predicted octanol–water partition coefficient (Wildman–Crippen LogP) is 1.95. The van der Waals surface area contributed by atoms with Crippen molar-refractivity contribution in [1.29, 1.82) is 0 Å². The molecular weight excluding hydrogens is 162 g/mol. The van der Waals surface area contributed by atoms with Gasteiger partial charge in [0.15, 0.2) is 0 Å². The van der Waals surface area contributed by atoms with E-state index in [0.717, 1.165) is 25.1 Å². The van der Waals surface area contributed by atoms with E-state index >= 15 is 0 Å². The lowest BCUT2D eigenvalue weighted by molar-refractivity contribution is 0.545. The van der Waals surface area contributed by atoms with Crippen LogP contribution in [0, 0.1) is 20.4 Å². The van der Waals surface area contributed by atoms with Crippen molar-refractivity contribution in [3.05, 3.63) is 28.9 Å². The zero-order valence-corrected chi connectivity index (χ0v) is 8.04. The Morgan fingerprint density at radius 3 is 2.69 bits per heavy atom. The van der Waals surface area contributed by atoms with Gasteiger partial charge in [-0.15, -0.1) is 0 Å². The SMILES string of the molecule is [C-]#[N+]C1(Cn2cc(C)c(C)n2)CC1. The van der Waals surface area contributed by atoms with E-state index < -0.39 is 0 Å². The molecule has 1 aromatic rings. The smallest absolute Gasteiger partial charge is 0.252 e. The summed E-state index contributed by atoms with van der Waals surface area (Å²) < 4.78 is 1.91. The van der Waals surface area contributed by atoms with Gasteiger partial charge in [-0.2, -0.15) is 5.10 Å². The maximum atomic E-state index is 7.06. The Labute approximate surface area is 78.2 Å². The lowest BCUT2D eigenvalue weighted by Gasteiger charge is -2.01.